The van der Waals surface area contributed by atoms with E-state index in [1.807, 2.05) is 36.5 Å². The minimum Gasteiger partial charge on any atom is -0.462 e. The van der Waals surface area contributed by atoms with Gasteiger partial charge in [-0.25, -0.2) is 4.57 Å². The Morgan fingerprint density at radius 1 is 0.554 bits per heavy atom. The first-order valence-corrected chi connectivity index (χ1v) is 21.9. The number of ether oxygens (including phenoxy) is 2. The molecule has 0 saturated heterocycles. The lowest BCUT2D eigenvalue weighted by atomic mass is 10.0. The van der Waals surface area contributed by atoms with Crippen molar-refractivity contribution < 1.29 is 48.2 Å². The van der Waals surface area contributed by atoms with E-state index in [-0.39, 0.29) is 32.1 Å². The molecule has 10 nitrogen and oxygen atoms in total. The highest BCUT2D eigenvalue weighted by Gasteiger charge is 2.23. The SMILES string of the molecule is CC/C=C\C/C=C\C/C=C\C/C=C\C/C=C\C/C=C\CCC(=O)OC[C@H](COP(=O)(O)O)OC(=O)CCCC(O)C(O)C/C=C\C/C=C\C/C=C\CCCCC. The van der Waals surface area contributed by atoms with Crippen LogP contribution in [0.1, 0.15) is 129 Å². The minimum absolute atomic E-state index is 0.0745. The molecule has 0 spiro atoms. The van der Waals surface area contributed by atoms with Crippen LogP contribution in [0.5, 0.6) is 0 Å². The molecule has 0 aliphatic carbocycles. The van der Waals surface area contributed by atoms with E-state index in [1.54, 1.807) is 0 Å². The van der Waals surface area contributed by atoms with E-state index < -0.39 is 51.3 Å². The lowest BCUT2D eigenvalue weighted by molar-refractivity contribution is -0.161. The smallest absolute Gasteiger partial charge is 0.462 e. The zero-order valence-corrected chi connectivity index (χ0v) is 34.8. The highest BCUT2D eigenvalue weighted by Crippen LogP contribution is 2.36. The van der Waals surface area contributed by atoms with Crippen molar-refractivity contribution in [2.24, 2.45) is 0 Å². The van der Waals surface area contributed by atoms with Gasteiger partial charge in [0.2, 0.25) is 0 Å². The number of rotatable bonds is 35. The Kier molecular flexibility index (Phi) is 36.2. The third kappa shape index (κ3) is 38.9. The van der Waals surface area contributed by atoms with Gasteiger partial charge in [-0.3, -0.25) is 14.1 Å². The number of carbonyl (C=O) groups excluding carboxylic acids is 2. The largest absolute Gasteiger partial charge is 0.469 e. The van der Waals surface area contributed by atoms with Crippen LogP contribution in [-0.4, -0.2) is 63.5 Å². The van der Waals surface area contributed by atoms with Gasteiger partial charge in [0.15, 0.2) is 6.10 Å². The Bertz CT molecular complexity index is 1300. The lowest BCUT2D eigenvalue weighted by Gasteiger charge is -2.19. The Hall–Kier alpha value is -3.37. The summed E-state index contributed by atoms with van der Waals surface area (Å²) in [5, 5.41) is 20.6. The number of hydrogen-bond acceptors (Lipinski definition) is 8. The summed E-state index contributed by atoms with van der Waals surface area (Å²) in [7, 11) is -4.86. The number of unbranched alkanes of at least 4 members (excludes halogenated alkanes) is 3. The molecule has 0 aromatic heterocycles. The number of carbonyl (C=O) groups is 2. The molecule has 0 aromatic carbocycles. The molecule has 56 heavy (non-hydrogen) atoms. The maximum Gasteiger partial charge on any atom is 0.469 e. The number of phosphoric ester groups is 1. The van der Waals surface area contributed by atoms with Crippen molar-refractivity contribution in [3.8, 4) is 0 Å². The molecule has 4 N–H and O–H groups in total. The van der Waals surface area contributed by atoms with E-state index in [2.05, 4.69) is 91.3 Å². The number of esters is 2. The van der Waals surface area contributed by atoms with Crippen molar-refractivity contribution in [1.82, 2.24) is 0 Å². The van der Waals surface area contributed by atoms with Gasteiger partial charge in [-0.1, -0.05) is 136 Å². The van der Waals surface area contributed by atoms with Crippen molar-refractivity contribution in [2.75, 3.05) is 13.2 Å². The first kappa shape index (κ1) is 52.6. The summed E-state index contributed by atoms with van der Waals surface area (Å²) in [6.07, 6.45) is 47.1. The van der Waals surface area contributed by atoms with Crippen LogP contribution in [0.4, 0.5) is 0 Å². The Labute approximate surface area is 337 Å². The van der Waals surface area contributed by atoms with E-state index in [4.69, 9.17) is 19.3 Å². The third-order valence-corrected chi connectivity index (χ3v) is 8.48. The van der Waals surface area contributed by atoms with Gasteiger partial charge in [0.05, 0.1) is 18.8 Å². The average Bonchev–Trinajstić information content (AvgIpc) is 3.16. The number of aliphatic hydroxyl groups is 2. The van der Waals surface area contributed by atoms with Crippen LogP contribution in [0.3, 0.4) is 0 Å². The van der Waals surface area contributed by atoms with Gasteiger partial charge in [-0.15, -0.1) is 0 Å². The van der Waals surface area contributed by atoms with Gasteiger partial charge < -0.3 is 29.5 Å². The molecule has 0 fully saturated rings. The molecule has 0 aliphatic heterocycles. The monoisotopic (exact) mass is 802 g/mol. The number of aliphatic hydroxyl groups excluding tert-OH is 2. The zero-order valence-electron chi connectivity index (χ0n) is 34.0. The molecule has 0 amide bonds. The van der Waals surface area contributed by atoms with Gasteiger partial charge in [-0.2, -0.15) is 0 Å². The summed E-state index contributed by atoms with van der Waals surface area (Å²) in [5.74, 6) is -1.28. The standard InChI is InChI=1S/C45H71O10P/c1-3-5-7-9-11-13-15-17-18-19-20-21-22-23-25-27-29-31-33-37-44(48)53-39-41(40-54-56(50,51)52)55-45(49)38-34-36-43(47)42(46)35-32-30-28-26-24-16-14-12-10-8-6-4-2/h5,7,11-14,17-18,20-21,23-26,29-32,41-43,46-47H,3-4,6,8-10,15-16,19,22,27-28,33-40H2,1-2H3,(H2,50,51,52)/b7-5-,13-11-,14-12-,18-17-,21-20-,25-23-,26-24-,31-29-,32-30-/t41-,42?,43?/m1/s1. The molecule has 0 saturated carbocycles. The molecular formula is C45H71O10P. The van der Waals surface area contributed by atoms with Crippen LogP contribution in [0.15, 0.2) is 109 Å². The van der Waals surface area contributed by atoms with Gasteiger partial charge in [0.1, 0.15) is 6.61 Å². The zero-order chi connectivity index (χ0) is 41.4. The molecule has 316 valence electrons. The maximum atomic E-state index is 12.4. The Morgan fingerprint density at radius 3 is 1.54 bits per heavy atom. The van der Waals surface area contributed by atoms with Crippen LogP contribution in [0.2, 0.25) is 0 Å². The van der Waals surface area contributed by atoms with Gasteiger partial charge in [-0.05, 0) is 89.9 Å². The van der Waals surface area contributed by atoms with Crippen LogP contribution in [0, 0.1) is 0 Å². The van der Waals surface area contributed by atoms with Crippen molar-refractivity contribution in [3.05, 3.63) is 109 Å². The van der Waals surface area contributed by atoms with E-state index >= 15 is 0 Å². The van der Waals surface area contributed by atoms with Crippen LogP contribution < -0.4 is 0 Å². The minimum atomic E-state index is -4.86. The molecule has 3 atom stereocenters. The quantitative estimate of drug-likeness (QED) is 0.0210. The second kappa shape index (κ2) is 38.5. The fourth-order valence-electron chi connectivity index (χ4n) is 4.85. The summed E-state index contributed by atoms with van der Waals surface area (Å²) in [5.41, 5.74) is 0. The fraction of sp³-hybridized carbons (Fsp3) is 0.556. The van der Waals surface area contributed by atoms with E-state index in [0.717, 1.165) is 57.8 Å². The number of hydrogen-bond donors (Lipinski definition) is 4. The molecule has 0 bridgehead atoms. The molecular weight excluding hydrogens is 731 g/mol. The summed E-state index contributed by atoms with van der Waals surface area (Å²) >= 11 is 0. The average molecular weight is 803 g/mol. The number of phosphoric acid groups is 1. The summed E-state index contributed by atoms with van der Waals surface area (Å²) in [6.45, 7) is 3.21. The molecule has 11 heteroatoms. The van der Waals surface area contributed by atoms with Gasteiger partial charge >= 0.3 is 19.8 Å². The molecule has 0 heterocycles. The highest BCUT2D eigenvalue weighted by molar-refractivity contribution is 7.46. The van der Waals surface area contributed by atoms with Crippen molar-refractivity contribution >= 4 is 19.8 Å². The first-order valence-electron chi connectivity index (χ1n) is 20.3. The van der Waals surface area contributed by atoms with Crippen LogP contribution >= 0.6 is 7.82 Å². The fourth-order valence-corrected chi connectivity index (χ4v) is 5.21. The Balaban J connectivity index is 4.33. The lowest BCUT2D eigenvalue weighted by Crippen LogP contribution is -2.30. The second-order valence-electron chi connectivity index (χ2n) is 13.2. The van der Waals surface area contributed by atoms with Crippen LogP contribution in [0.25, 0.3) is 0 Å². The molecule has 0 aromatic rings. The topological polar surface area (TPSA) is 160 Å². The van der Waals surface area contributed by atoms with E-state index in [1.165, 1.54) is 19.3 Å². The van der Waals surface area contributed by atoms with E-state index in [9.17, 15) is 24.4 Å². The van der Waals surface area contributed by atoms with Gasteiger partial charge in [0.25, 0.3) is 0 Å². The normalized spacial score (nSPS) is 14.8. The summed E-state index contributed by atoms with van der Waals surface area (Å²) in [4.78, 5) is 42.8. The molecule has 0 rings (SSSR count). The maximum absolute atomic E-state index is 12.4. The number of allylic oxidation sites excluding steroid dienone is 17. The Morgan fingerprint density at radius 2 is 1.04 bits per heavy atom. The molecule has 0 aliphatic rings. The molecule has 0 radical (unpaired) electrons. The second-order valence-corrected chi connectivity index (χ2v) is 14.4. The van der Waals surface area contributed by atoms with Gasteiger partial charge in [0, 0.05) is 12.8 Å². The summed E-state index contributed by atoms with van der Waals surface area (Å²) < 4.78 is 26.1. The summed E-state index contributed by atoms with van der Waals surface area (Å²) in [6, 6.07) is 0. The predicted octanol–water partition coefficient (Wildman–Crippen LogP) is 10.3. The van der Waals surface area contributed by atoms with Crippen LogP contribution in [-0.2, 0) is 28.2 Å². The molecule has 2 unspecified atom stereocenters. The first-order chi connectivity index (χ1) is 27.1. The predicted molar refractivity (Wildman–Crippen MR) is 228 cm³/mol. The highest BCUT2D eigenvalue weighted by atomic mass is 31.2. The third-order valence-electron chi connectivity index (χ3n) is 7.99. The van der Waals surface area contributed by atoms with Crippen molar-refractivity contribution in [3.63, 3.8) is 0 Å². The van der Waals surface area contributed by atoms with Crippen molar-refractivity contribution in [1.29, 1.82) is 0 Å². The van der Waals surface area contributed by atoms with E-state index in [0.29, 0.717) is 6.42 Å². The van der Waals surface area contributed by atoms with Crippen molar-refractivity contribution in [2.45, 2.75) is 148 Å².